The fraction of sp³-hybridized carbons (Fsp3) is 0.538. The zero-order chi connectivity index (χ0) is 11.9. The Morgan fingerprint density at radius 3 is 2.38 bits per heavy atom. The van der Waals surface area contributed by atoms with Gasteiger partial charge in [-0.05, 0) is 55.9 Å². The average molecular weight is 221 g/mol. The van der Waals surface area contributed by atoms with Crippen molar-refractivity contribution in [2.75, 3.05) is 7.11 Å². The van der Waals surface area contributed by atoms with E-state index >= 15 is 0 Å². The van der Waals surface area contributed by atoms with Gasteiger partial charge in [0.25, 0.3) is 0 Å². The van der Waals surface area contributed by atoms with Crippen LogP contribution in [-0.2, 0) is 5.54 Å². The Morgan fingerprint density at radius 1 is 1.31 bits per heavy atom. The molecule has 1 aromatic rings. The molecule has 0 bridgehead atoms. The fourth-order valence-electron chi connectivity index (χ4n) is 2.37. The lowest BCUT2D eigenvalue weighted by Gasteiger charge is -2.40. The van der Waals surface area contributed by atoms with Gasteiger partial charge < -0.3 is 15.6 Å². The van der Waals surface area contributed by atoms with E-state index in [1.807, 2.05) is 19.9 Å². The summed E-state index contributed by atoms with van der Waals surface area (Å²) in [5.41, 5.74) is 9.18. The Bertz CT molecular complexity index is 422. The molecule has 1 aliphatic rings. The van der Waals surface area contributed by atoms with Gasteiger partial charge in [0.05, 0.1) is 7.11 Å². The molecule has 1 fully saturated rings. The quantitative estimate of drug-likeness (QED) is 0.806. The number of phenolic OH excluding ortho intramolecular Hbond substituents is 1. The average Bonchev–Trinajstić information content (AvgIpc) is 2.23. The van der Waals surface area contributed by atoms with Crippen LogP contribution in [0.2, 0.25) is 0 Å². The lowest BCUT2D eigenvalue weighted by atomic mass is 9.71. The summed E-state index contributed by atoms with van der Waals surface area (Å²) in [6, 6.07) is 1.89. The molecule has 88 valence electrons. The van der Waals surface area contributed by atoms with Gasteiger partial charge in [-0.2, -0.15) is 0 Å². The van der Waals surface area contributed by atoms with Crippen molar-refractivity contribution in [3.8, 4) is 11.5 Å². The highest BCUT2D eigenvalue weighted by Crippen LogP contribution is 2.44. The molecule has 1 aliphatic carbocycles. The summed E-state index contributed by atoms with van der Waals surface area (Å²) in [5.74, 6) is 0.751. The normalized spacial score (nSPS) is 18.0. The third kappa shape index (κ3) is 1.47. The molecule has 3 nitrogen and oxygen atoms in total. The number of aromatic hydroxyl groups is 1. The van der Waals surface area contributed by atoms with Gasteiger partial charge in [-0.3, -0.25) is 0 Å². The van der Waals surface area contributed by atoms with E-state index in [-0.39, 0.29) is 11.3 Å². The van der Waals surface area contributed by atoms with Crippen LogP contribution in [-0.4, -0.2) is 12.2 Å². The minimum absolute atomic E-state index is 0.212. The lowest BCUT2D eigenvalue weighted by Crippen LogP contribution is -2.44. The largest absolute Gasteiger partial charge is 0.504 e. The van der Waals surface area contributed by atoms with Crippen LogP contribution in [0.15, 0.2) is 6.07 Å². The Labute approximate surface area is 96.2 Å². The lowest BCUT2D eigenvalue weighted by molar-refractivity contribution is 0.250. The van der Waals surface area contributed by atoms with Crippen molar-refractivity contribution in [3.05, 3.63) is 22.8 Å². The van der Waals surface area contributed by atoms with E-state index in [1.54, 1.807) is 7.11 Å². The first-order valence-electron chi connectivity index (χ1n) is 5.66. The Hall–Kier alpha value is -1.22. The first-order valence-corrected chi connectivity index (χ1v) is 5.66. The van der Waals surface area contributed by atoms with Crippen LogP contribution in [0.5, 0.6) is 11.5 Å². The number of phenols is 1. The number of ether oxygens (including phenoxy) is 1. The van der Waals surface area contributed by atoms with Crippen molar-refractivity contribution in [2.45, 2.75) is 38.6 Å². The van der Waals surface area contributed by atoms with Crippen LogP contribution in [0, 0.1) is 13.8 Å². The zero-order valence-electron chi connectivity index (χ0n) is 10.1. The number of rotatable bonds is 2. The van der Waals surface area contributed by atoms with Crippen molar-refractivity contribution >= 4 is 0 Å². The fourth-order valence-corrected chi connectivity index (χ4v) is 2.37. The van der Waals surface area contributed by atoms with Crippen molar-refractivity contribution in [1.29, 1.82) is 0 Å². The maximum Gasteiger partial charge on any atom is 0.161 e. The van der Waals surface area contributed by atoms with Gasteiger partial charge in [0.1, 0.15) is 0 Å². The van der Waals surface area contributed by atoms with E-state index in [0.29, 0.717) is 5.75 Å². The number of hydrogen-bond donors (Lipinski definition) is 2. The van der Waals surface area contributed by atoms with E-state index < -0.39 is 0 Å². The molecule has 0 heterocycles. The molecule has 0 atom stereocenters. The van der Waals surface area contributed by atoms with Crippen molar-refractivity contribution in [2.24, 2.45) is 5.73 Å². The van der Waals surface area contributed by atoms with Crippen molar-refractivity contribution in [1.82, 2.24) is 0 Å². The SMILES string of the molecule is COc1cc(C2(N)CCC2)c(C)c(C)c1O. The highest BCUT2D eigenvalue weighted by molar-refractivity contribution is 5.54. The van der Waals surface area contributed by atoms with Crippen LogP contribution in [0.3, 0.4) is 0 Å². The van der Waals surface area contributed by atoms with E-state index in [0.717, 1.165) is 29.5 Å². The first kappa shape index (κ1) is 11.3. The molecule has 0 saturated heterocycles. The molecule has 16 heavy (non-hydrogen) atoms. The molecule has 0 amide bonds. The second-order valence-electron chi connectivity index (χ2n) is 4.73. The van der Waals surface area contributed by atoms with Gasteiger partial charge >= 0.3 is 0 Å². The molecule has 0 radical (unpaired) electrons. The van der Waals surface area contributed by atoms with Crippen molar-refractivity contribution in [3.63, 3.8) is 0 Å². The molecular formula is C13H19NO2. The minimum atomic E-state index is -0.212. The van der Waals surface area contributed by atoms with Gasteiger partial charge in [0.2, 0.25) is 0 Å². The minimum Gasteiger partial charge on any atom is -0.504 e. The van der Waals surface area contributed by atoms with Crippen LogP contribution >= 0.6 is 0 Å². The second-order valence-corrected chi connectivity index (χ2v) is 4.73. The maximum atomic E-state index is 9.89. The molecule has 1 aromatic carbocycles. The molecule has 2 rings (SSSR count). The Balaban J connectivity index is 2.57. The second kappa shape index (κ2) is 3.67. The molecule has 0 spiro atoms. The summed E-state index contributed by atoms with van der Waals surface area (Å²) < 4.78 is 5.18. The predicted molar refractivity (Wildman–Crippen MR) is 63.8 cm³/mol. The third-order valence-corrected chi connectivity index (χ3v) is 3.83. The van der Waals surface area contributed by atoms with Gasteiger partial charge in [-0.15, -0.1) is 0 Å². The molecule has 0 unspecified atom stereocenters. The molecule has 3 N–H and O–H groups in total. The Morgan fingerprint density at radius 2 is 1.94 bits per heavy atom. The van der Waals surface area contributed by atoms with E-state index in [1.165, 1.54) is 6.42 Å². The van der Waals surface area contributed by atoms with Gasteiger partial charge in [0.15, 0.2) is 11.5 Å². The summed E-state index contributed by atoms with van der Waals surface area (Å²) >= 11 is 0. The molecule has 0 aliphatic heterocycles. The Kier molecular flexibility index (Phi) is 2.58. The number of hydrogen-bond acceptors (Lipinski definition) is 3. The molecular weight excluding hydrogens is 202 g/mol. The van der Waals surface area contributed by atoms with Gasteiger partial charge in [0, 0.05) is 5.54 Å². The van der Waals surface area contributed by atoms with Crippen LogP contribution in [0.25, 0.3) is 0 Å². The number of nitrogens with two attached hydrogens (primary N) is 1. The summed E-state index contributed by atoms with van der Waals surface area (Å²) in [6.45, 7) is 3.91. The third-order valence-electron chi connectivity index (χ3n) is 3.83. The maximum absolute atomic E-state index is 9.89. The smallest absolute Gasteiger partial charge is 0.161 e. The highest BCUT2D eigenvalue weighted by atomic mass is 16.5. The number of methoxy groups -OCH3 is 1. The summed E-state index contributed by atoms with van der Waals surface area (Å²) in [5, 5.41) is 9.89. The van der Waals surface area contributed by atoms with Gasteiger partial charge in [-0.25, -0.2) is 0 Å². The van der Waals surface area contributed by atoms with Crippen LogP contribution in [0.4, 0.5) is 0 Å². The first-order chi connectivity index (χ1) is 7.49. The molecule has 0 aromatic heterocycles. The number of benzene rings is 1. The molecule has 3 heteroatoms. The van der Waals surface area contributed by atoms with Crippen LogP contribution in [0.1, 0.15) is 36.0 Å². The highest BCUT2D eigenvalue weighted by Gasteiger charge is 2.36. The summed E-state index contributed by atoms with van der Waals surface area (Å²) in [4.78, 5) is 0. The predicted octanol–water partition coefficient (Wildman–Crippen LogP) is 2.36. The van der Waals surface area contributed by atoms with Crippen molar-refractivity contribution < 1.29 is 9.84 Å². The molecule has 1 saturated carbocycles. The zero-order valence-corrected chi connectivity index (χ0v) is 10.1. The van der Waals surface area contributed by atoms with Gasteiger partial charge in [-0.1, -0.05) is 0 Å². The topological polar surface area (TPSA) is 55.5 Å². The summed E-state index contributed by atoms with van der Waals surface area (Å²) in [6.07, 6.45) is 3.21. The van der Waals surface area contributed by atoms with Crippen LogP contribution < -0.4 is 10.5 Å². The standard InChI is InChI=1S/C13H19NO2/c1-8-9(2)12(15)11(16-3)7-10(8)13(14)5-4-6-13/h7,15H,4-6,14H2,1-3H3. The van der Waals surface area contributed by atoms with E-state index in [4.69, 9.17) is 10.5 Å². The summed E-state index contributed by atoms with van der Waals surface area (Å²) in [7, 11) is 1.57. The van der Waals surface area contributed by atoms with E-state index in [9.17, 15) is 5.11 Å². The monoisotopic (exact) mass is 221 g/mol. The van der Waals surface area contributed by atoms with E-state index in [2.05, 4.69) is 0 Å².